The van der Waals surface area contributed by atoms with Crippen molar-refractivity contribution in [2.45, 2.75) is 45.0 Å². The summed E-state index contributed by atoms with van der Waals surface area (Å²) < 4.78 is 25.7. The molecule has 2 fully saturated rings. The average Bonchev–Trinajstić information content (AvgIpc) is 3.40. The fourth-order valence-corrected chi connectivity index (χ4v) is 3.78. The van der Waals surface area contributed by atoms with E-state index in [9.17, 15) is 14.0 Å². The topological polar surface area (TPSA) is 104 Å². The number of amides is 2. The first-order valence-corrected chi connectivity index (χ1v) is 9.28. The summed E-state index contributed by atoms with van der Waals surface area (Å²) in [6.45, 7) is 3.82. The Morgan fingerprint density at radius 3 is 2.82 bits per heavy atom. The number of aromatic nitrogens is 1. The van der Waals surface area contributed by atoms with Gasteiger partial charge in [-0.15, -0.1) is 0 Å². The van der Waals surface area contributed by atoms with Gasteiger partial charge in [0.05, 0.1) is 17.7 Å². The summed E-state index contributed by atoms with van der Waals surface area (Å²) in [5, 5.41) is 4.05. The summed E-state index contributed by atoms with van der Waals surface area (Å²) >= 11 is 0. The van der Waals surface area contributed by atoms with Crippen molar-refractivity contribution in [3.63, 3.8) is 0 Å². The molecule has 1 aliphatic heterocycles. The molecule has 7 nitrogen and oxygen atoms in total. The van der Waals surface area contributed by atoms with Crippen LogP contribution in [0, 0.1) is 5.41 Å². The quantitative estimate of drug-likeness (QED) is 0.790. The van der Waals surface area contributed by atoms with Crippen molar-refractivity contribution in [2.24, 2.45) is 11.1 Å². The molecule has 1 saturated heterocycles. The van der Waals surface area contributed by atoms with Crippen LogP contribution in [0.5, 0.6) is 11.6 Å². The minimum absolute atomic E-state index is 0.121. The second-order valence-corrected chi connectivity index (χ2v) is 7.68. The molecule has 1 spiro atoms. The highest BCUT2D eigenvalue weighted by molar-refractivity contribution is 6.01. The lowest BCUT2D eigenvalue weighted by Gasteiger charge is -2.19. The normalized spacial score (nSPS) is 22.5. The number of hydrogen-bond acceptors (Lipinski definition) is 5. The Morgan fingerprint density at radius 1 is 1.43 bits per heavy atom. The third kappa shape index (κ3) is 3.02. The van der Waals surface area contributed by atoms with E-state index in [0.29, 0.717) is 29.9 Å². The van der Waals surface area contributed by atoms with E-state index in [1.54, 1.807) is 24.4 Å². The van der Waals surface area contributed by atoms with Gasteiger partial charge in [0.2, 0.25) is 5.88 Å². The molecule has 1 saturated carbocycles. The number of carbonyl (C=O) groups excluding carboxylic acids is 2. The van der Waals surface area contributed by atoms with Crippen molar-refractivity contribution in [1.29, 1.82) is 0 Å². The van der Waals surface area contributed by atoms with Gasteiger partial charge in [0.25, 0.3) is 11.8 Å². The number of nitrogens with two attached hydrogens (primary N) is 1. The van der Waals surface area contributed by atoms with Gasteiger partial charge in [-0.1, -0.05) is 0 Å². The van der Waals surface area contributed by atoms with Gasteiger partial charge in [-0.3, -0.25) is 9.59 Å². The molecule has 2 atom stereocenters. The van der Waals surface area contributed by atoms with Crippen LogP contribution in [0.25, 0.3) is 10.8 Å². The van der Waals surface area contributed by atoms with Crippen molar-refractivity contribution in [1.82, 2.24) is 10.3 Å². The second-order valence-electron chi connectivity index (χ2n) is 7.68. The number of pyridine rings is 1. The zero-order valence-electron chi connectivity index (χ0n) is 15.7. The summed E-state index contributed by atoms with van der Waals surface area (Å²) in [7, 11) is 0. The van der Waals surface area contributed by atoms with Gasteiger partial charge in [0, 0.05) is 17.0 Å². The van der Waals surface area contributed by atoms with E-state index >= 15 is 0 Å². The highest BCUT2D eigenvalue weighted by Gasteiger charge is 2.63. The van der Waals surface area contributed by atoms with Gasteiger partial charge in [-0.25, -0.2) is 9.37 Å². The van der Waals surface area contributed by atoms with Crippen LogP contribution in [0.2, 0.25) is 0 Å². The predicted molar refractivity (Wildman–Crippen MR) is 100 cm³/mol. The summed E-state index contributed by atoms with van der Waals surface area (Å²) in [5.74, 6) is -0.482. The first-order chi connectivity index (χ1) is 13.3. The molecule has 1 unspecified atom stereocenters. The molecule has 2 amide bonds. The highest BCUT2D eigenvalue weighted by Crippen LogP contribution is 2.55. The van der Waals surface area contributed by atoms with Gasteiger partial charge in [-0.05, 0) is 50.3 Å². The zero-order valence-corrected chi connectivity index (χ0v) is 15.7. The number of nitrogens with zero attached hydrogens (tertiary/aromatic N) is 1. The summed E-state index contributed by atoms with van der Waals surface area (Å²) in [6.07, 6.45) is 1.26. The molecule has 2 heterocycles. The fraction of sp³-hybridized carbons (Fsp3) is 0.450. The molecule has 1 aliphatic carbocycles. The van der Waals surface area contributed by atoms with Crippen molar-refractivity contribution >= 4 is 22.6 Å². The molecule has 2 aromatic rings. The number of alkyl halides is 1. The number of primary amides is 1. The van der Waals surface area contributed by atoms with E-state index in [1.165, 1.54) is 0 Å². The first kappa shape index (κ1) is 18.5. The van der Waals surface area contributed by atoms with E-state index in [1.807, 2.05) is 13.8 Å². The molecule has 3 N–H and O–H groups in total. The highest BCUT2D eigenvalue weighted by atomic mass is 19.1. The van der Waals surface area contributed by atoms with E-state index in [2.05, 4.69) is 10.3 Å². The molecular formula is C20H22FN3O4. The minimum Gasteiger partial charge on any atom is -0.490 e. The number of hydrogen-bond donors (Lipinski definition) is 2. The molecule has 0 bridgehead atoms. The van der Waals surface area contributed by atoms with Crippen LogP contribution in [0.4, 0.5) is 4.39 Å². The average molecular weight is 387 g/mol. The lowest BCUT2D eigenvalue weighted by Crippen LogP contribution is -2.36. The van der Waals surface area contributed by atoms with Crippen LogP contribution in [0.3, 0.4) is 0 Å². The molecule has 2 aliphatic rings. The summed E-state index contributed by atoms with van der Waals surface area (Å²) in [6, 6.07) is 4.67. The van der Waals surface area contributed by atoms with E-state index in [4.69, 9.17) is 15.2 Å². The second kappa shape index (κ2) is 6.61. The number of nitrogens with one attached hydrogen (secondary N) is 1. The van der Waals surface area contributed by atoms with Gasteiger partial charge < -0.3 is 20.5 Å². The standard InChI is InChI=1S/C20H22FN3O4/c1-10(2)28-14-8-12-11(7-13(14)17(22)25)3-6-23-19(12)27-9-15-20(4-5-20)16(21)18(26)24-15/h3,6-8,10,15-16H,4-5,9H2,1-2H3,(H2,22,25)(H,24,26)/t15-,16?/m1/s1. The van der Waals surface area contributed by atoms with E-state index < -0.39 is 23.4 Å². The largest absolute Gasteiger partial charge is 0.490 e. The minimum atomic E-state index is -1.48. The first-order valence-electron chi connectivity index (χ1n) is 9.28. The van der Waals surface area contributed by atoms with Crippen molar-refractivity contribution in [3.8, 4) is 11.6 Å². The number of ether oxygens (including phenoxy) is 2. The smallest absolute Gasteiger partial charge is 0.255 e. The van der Waals surface area contributed by atoms with E-state index in [0.717, 1.165) is 5.39 Å². The van der Waals surface area contributed by atoms with Crippen LogP contribution in [-0.4, -0.2) is 41.7 Å². The van der Waals surface area contributed by atoms with Crippen LogP contribution < -0.4 is 20.5 Å². The Morgan fingerprint density at radius 2 is 2.18 bits per heavy atom. The summed E-state index contributed by atoms with van der Waals surface area (Å²) in [5.41, 5.74) is 5.11. The number of fused-ring (bicyclic) bond motifs is 1. The van der Waals surface area contributed by atoms with Crippen LogP contribution in [0.1, 0.15) is 37.0 Å². The van der Waals surface area contributed by atoms with Crippen LogP contribution in [0.15, 0.2) is 24.4 Å². The van der Waals surface area contributed by atoms with Gasteiger partial charge >= 0.3 is 0 Å². The molecule has 0 radical (unpaired) electrons. The number of carbonyl (C=O) groups is 2. The van der Waals surface area contributed by atoms with Gasteiger partial charge in [-0.2, -0.15) is 0 Å². The third-order valence-electron chi connectivity index (χ3n) is 5.42. The maximum absolute atomic E-state index is 14.1. The SMILES string of the molecule is CC(C)Oc1cc2c(OC[C@H]3NC(=O)C(F)C34CC4)nccc2cc1C(N)=O. The number of rotatable bonds is 6. The molecular weight excluding hydrogens is 365 g/mol. The zero-order chi connectivity index (χ0) is 20.1. The lowest BCUT2D eigenvalue weighted by molar-refractivity contribution is -0.124. The number of benzene rings is 1. The number of halogens is 1. The molecule has 8 heteroatoms. The molecule has 148 valence electrons. The molecule has 1 aromatic heterocycles. The predicted octanol–water partition coefficient (Wildman–Crippen LogP) is 2.12. The van der Waals surface area contributed by atoms with Crippen molar-refractivity contribution in [2.75, 3.05) is 6.61 Å². The molecule has 1 aromatic carbocycles. The molecule has 28 heavy (non-hydrogen) atoms. The Bertz CT molecular complexity index is 958. The van der Waals surface area contributed by atoms with Crippen LogP contribution in [-0.2, 0) is 4.79 Å². The lowest BCUT2D eigenvalue weighted by atomic mass is 9.96. The van der Waals surface area contributed by atoms with Gasteiger partial charge in [0.1, 0.15) is 12.4 Å². The Labute approximate surface area is 161 Å². The Hall–Kier alpha value is -2.90. The Kier molecular flexibility index (Phi) is 4.36. The van der Waals surface area contributed by atoms with Crippen molar-refractivity contribution in [3.05, 3.63) is 30.0 Å². The maximum atomic E-state index is 14.1. The van der Waals surface area contributed by atoms with E-state index in [-0.39, 0.29) is 24.3 Å². The van der Waals surface area contributed by atoms with Crippen LogP contribution >= 0.6 is 0 Å². The van der Waals surface area contributed by atoms with Crippen molar-refractivity contribution < 1.29 is 23.5 Å². The summed E-state index contributed by atoms with van der Waals surface area (Å²) in [4.78, 5) is 27.8. The fourth-order valence-electron chi connectivity index (χ4n) is 3.78. The molecule has 4 rings (SSSR count). The van der Waals surface area contributed by atoms with Gasteiger partial charge in [0.15, 0.2) is 6.17 Å². The monoisotopic (exact) mass is 387 g/mol. The third-order valence-corrected chi connectivity index (χ3v) is 5.42. The maximum Gasteiger partial charge on any atom is 0.255 e. The Balaban J connectivity index is 1.64.